The quantitative estimate of drug-likeness (QED) is 0.146. The van der Waals surface area contributed by atoms with Crippen molar-refractivity contribution in [1.82, 2.24) is 0 Å². The van der Waals surface area contributed by atoms with E-state index >= 15 is 0 Å². The molecule has 0 fully saturated rings. The average molecular weight is 975 g/mol. The van der Waals surface area contributed by atoms with Crippen LogP contribution in [0.3, 0.4) is 0 Å². The summed E-state index contributed by atoms with van der Waals surface area (Å²) < 4.78 is 0. The van der Waals surface area contributed by atoms with Gasteiger partial charge in [-0.3, -0.25) is 0 Å². The molecule has 0 saturated carbocycles. The van der Waals surface area contributed by atoms with E-state index in [1.54, 1.807) is 55.7 Å². The van der Waals surface area contributed by atoms with Crippen molar-refractivity contribution in [2.24, 2.45) is 0 Å². The molecule has 2 unspecified atom stereocenters. The largest absolute Gasteiger partial charge is 2.00 e. The number of aryl methyl sites for hydroxylation is 8. The summed E-state index contributed by atoms with van der Waals surface area (Å²) >= 11 is 0. The van der Waals surface area contributed by atoms with Crippen molar-refractivity contribution in [3.8, 4) is 44.5 Å². The number of fused-ring (bicyclic) bond motifs is 4. The minimum absolute atomic E-state index is 0. The first kappa shape index (κ1) is 48.4. The molecule has 0 amide bonds. The number of hydrogen-bond acceptors (Lipinski definition) is 0. The van der Waals surface area contributed by atoms with Crippen molar-refractivity contribution in [3.05, 3.63) is 173 Å². The zero-order valence-corrected chi connectivity index (χ0v) is 45.2. The zero-order valence-electron chi connectivity index (χ0n) is 40.2. The molecule has 2 atom stereocenters. The van der Waals surface area contributed by atoms with Gasteiger partial charge in [-0.15, -0.1) is 0 Å². The van der Waals surface area contributed by atoms with E-state index in [9.17, 15) is 0 Å². The van der Waals surface area contributed by atoms with E-state index in [0.717, 1.165) is 25.7 Å². The summed E-state index contributed by atoms with van der Waals surface area (Å²) in [6, 6.07) is 29.3. The number of hydrogen-bond donors (Lipinski definition) is 0. The molecule has 4 aliphatic carbocycles. The standard InChI is InChI=1S/C60H64Si.2ClH.Zr/c1-33-19-34(2)24-43(23-33)53-47-15-13-17-49(47)55(45-27-37(5)21-38(6)28-45)57-51(53)31-41(9)59(57)61(11,12)60-42(10)32-52-54(44-25-35(3)20-36(4)26-44)48-16-14-18-50(48)56(58(52)60)46-29-39(7)22-40(8)30-46;;;/h19-32,59-60H,13-18H2,1-12H3;2*1H;/q;;;+2/p-2. The molecular weight excluding hydrogens is 911 g/mol. The number of benzene rings is 6. The van der Waals surface area contributed by atoms with Crippen LogP contribution in [0.1, 0.15) is 127 Å². The van der Waals surface area contributed by atoms with E-state index in [1.165, 1.54) is 102 Å². The van der Waals surface area contributed by atoms with E-state index in [-0.39, 0.29) is 51.0 Å². The van der Waals surface area contributed by atoms with Crippen LogP contribution >= 0.6 is 0 Å². The third-order valence-corrected chi connectivity index (χ3v) is 19.5. The van der Waals surface area contributed by atoms with Gasteiger partial charge in [-0.25, -0.2) is 0 Å². The Balaban J connectivity index is 0.00000204. The molecule has 6 aromatic rings. The second-order valence-electron chi connectivity index (χ2n) is 20.7. The van der Waals surface area contributed by atoms with E-state index in [2.05, 4.69) is 167 Å². The maximum Gasteiger partial charge on any atom is 2.00 e. The summed E-state index contributed by atoms with van der Waals surface area (Å²) in [6.07, 6.45) is 12.4. The van der Waals surface area contributed by atoms with Gasteiger partial charge in [0.2, 0.25) is 0 Å². The van der Waals surface area contributed by atoms with Crippen molar-refractivity contribution < 1.29 is 51.0 Å². The molecule has 0 N–H and O–H groups in total. The summed E-state index contributed by atoms with van der Waals surface area (Å²) in [4.78, 5) is 0. The van der Waals surface area contributed by atoms with Gasteiger partial charge in [-0.05, 0) is 197 Å². The van der Waals surface area contributed by atoms with Crippen molar-refractivity contribution in [3.63, 3.8) is 0 Å². The summed E-state index contributed by atoms with van der Waals surface area (Å²) in [6.45, 7) is 28.9. The topological polar surface area (TPSA) is 0 Å². The minimum atomic E-state index is -2.34. The molecule has 0 bridgehead atoms. The Bertz CT molecular complexity index is 2680. The van der Waals surface area contributed by atoms with Gasteiger partial charge in [0.15, 0.2) is 0 Å². The molecular formula is C60H64Cl2SiZr. The Morgan fingerprint density at radius 3 is 0.859 bits per heavy atom. The molecule has 4 aliphatic rings. The van der Waals surface area contributed by atoms with Crippen LogP contribution in [0.15, 0.2) is 83.9 Å². The van der Waals surface area contributed by atoms with Crippen molar-refractivity contribution in [2.45, 2.75) is 132 Å². The van der Waals surface area contributed by atoms with E-state index < -0.39 is 8.07 Å². The van der Waals surface area contributed by atoms with Gasteiger partial charge in [0.05, 0.1) is 8.07 Å². The zero-order chi connectivity index (χ0) is 42.8. The first-order chi connectivity index (χ1) is 29.1. The van der Waals surface area contributed by atoms with Crippen molar-refractivity contribution in [2.75, 3.05) is 0 Å². The molecule has 0 nitrogen and oxygen atoms in total. The minimum Gasteiger partial charge on any atom is -1.00 e. The fourth-order valence-corrected chi connectivity index (χ4v) is 18.6. The molecule has 64 heavy (non-hydrogen) atoms. The molecule has 4 heteroatoms. The van der Waals surface area contributed by atoms with Gasteiger partial charge in [0, 0.05) is 11.1 Å². The fourth-order valence-electron chi connectivity index (χ4n) is 13.6. The Morgan fingerprint density at radius 1 is 0.359 bits per heavy atom. The van der Waals surface area contributed by atoms with Gasteiger partial charge >= 0.3 is 26.2 Å². The van der Waals surface area contributed by atoms with Crippen molar-refractivity contribution in [1.29, 1.82) is 0 Å². The molecule has 0 aliphatic heterocycles. The van der Waals surface area contributed by atoms with Crippen LogP contribution in [0.2, 0.25) is 13.1 Å². The predicted molar refractivity (Wildman–Crippen MR) is 267 cm³/mol. The SMILES string of the molecule is CC1=Cc2c(-c3cc(C)cc(C)c3)c3c(c(-c4cc(C)cc(C)c4)c2C1[Si](C)(C)C1C(C)=Cc2c(-c4cc(C)cc(C)c4)c4c(c(-c5cc(C)cc(C)c5)c21)CCC4)CCC3.[Cl-].[Cl-].[Zr+2]. The Kier molecular flexibility index (Phi) is 13.6. The van der Waals surface area contributed by atoms with Crippen LogP contribution in [-0.2, 0) is 51.9 Å². The van der Waals surface area contributed by atoms with Gasteiger partial charge < -0.3 is 24.8 Å². The van der Waals surface area contributed by atoms with Crippen molar-refractivity contribution >= 4 is 20.2 Å². The first-order valence-electron chi connectivity index (χ1n) is 23.2. The fraction of sp³-hybridized carbons (Fsp3) is 0.333. The Morgan fingerprint density at radius 2 is 0.594 bits per heavy atom. The molecule has 0 aromatic heterocycles. The molecule has 0 radical (unpaired) electrons. The number of allylic oxidation sites excluding steroid dienone is 2. The molecule has 0 saturated heterocycles. The maximum absolute atomic E-state index is 2.78. The molecule has 326 valence electrons. The second-order valence-corrected chi connectivity index (χ2v) is 25.5. The predicted octanol–water partition coefficient (Wildman–Crippen LogP) is 10.3. The second kappa shape index (κ2) is 17.9. The van der Waals surface area contributed by atoms with Gasteiger partial charge in [0.1, 0.15) is 0 Å². The molecule has 0 heterocycles. The van der Waals surface area contributed by atoms with Crippen LogP contribution in [0.25, 0.3) is 56.7 Å². The van der Waals surface area contributed by atoms with Gasteiger partial charge in [0.25, 0.3) is 0 Å². The van der Waals surface area contributed by atoms with E-state index in [1.807, 2.05) is 0 Å². The van der Waals surface area contributed by atoms with E-state index in [0.29, 0.717) is 11.1 Å². The van der Waals surface area contributed by atoms with Crippen LogP contribution < -0.4 is 24.8 Å². The normalized spacial score (nSPS) is 16.8. The van der Waals surface area contributed by atoms with Crippen LogP contribution in [0.4, 0.5) is 0 Å². The summed E-state index contributed by atoms with van der Waals surface area (Å²) in [5, 5.41) is 0. The van der Waals surface area contributed by atoms with Gasteiger partial charge in [-0.2, -0.15) is 0 Å². The molecule has 0 spiro atoms. The van der Waals surface area contributed by atoms with Crippen LogP contribution in [0, 0.1) is 55.4 Å². The third-order valence-electron chi connectivity index (χ3n) is 15.1. The number of rotatable bonds is 6. The summed E-state index contributed by atoms with van der Waals surface area (Å²) in [5.41, 5.74) is 39.4. The molecule has 10 rings (SSSR count). The van der Waals surface area contributed by atoms with E-state index in [4.69, 9.17) is 0 Å². The van der Waals surface area contributed by atoms with Crippen LogP contribution in [0.5, 0.6) is 0 Å². The third kappa shape index (κ3) is 7.89. The Hall–Kier alpha value is -3.52. The van der Waals surface area contributed by atoms with Crippen LogP contribution in [-0.4, -0.2) is 8.07 Å². The maximum atomic E-state index is 2.78. The Labute approximate surface area is 417 Å². The first-order valence-corrected chi connectivity index (χ1v) is 26.4. The van der Waals surface area contributed by atoms with Gasteiger partial charge in [-0.1, -0.05) is 154 Å². The smallest absolute Gasteiger partial charge is 1.00 e. The summed E-state index contributed by atoms with van der Waals surface area (Å²) in [5.74, 6) is 0. The molecule has 6 aromatic carbocycles. The number of halogens is 2. The summed E-state index contributed by atoms with van der Waals surface area (Å²) in [7, 11) is -2.34. The monoisotopic (exact) mass is 972 g/mol. The average Bonchev–Trinajstić information content (AvgIpc) is 3.96.